The predicted molar refractivity (Wildman–Crippen MR) is 88.1 cm³/mol. The van der Waals surface area contributed by atoms with Crippen LogP contribution in [0, 0.1) is 27.7 Å². The van der Waals surface area contributed by atoms with Gasteiger partial charge in [0.05, 0.1) is 0 Å². The van der Waals surface area contributed by atoms with Crippen molar-refractivity contribution in [1.29, 1.82) is 0 Å². The summed E-state index contributed by atoms with van der Waals surface area (Å²) in [5.41, 5.74) is -6.33. The summed E-state index contributed by atoms with van der Waals surface area (Å²) >= 11 is 0. The fourth-order valence-electron chi connectivity index (χ4n) is 3.03. The summed E-state index contributed by atoms with van der Waals surface area (Å²) in [4.78, 5) is 0. The van der Waals surface area contributed by atoms with Crippen LogP contribution in [0.3, 0.4) is 0 Å². The second kappa shape index (κ2) is 6.35. The minimum absolute atomic E-state index is 0.0442. The number of hydrogen-bond acceptors (Lipinski definition) is 2. The van der Waals surface area contributed by atoms with Crippen LogP contribution in [0.5, 0.6) is 11.5 Å². The van der Waals surface area contributed by atoms with Crippen LogP contribution in [0.15, 0.2) is 24.3 Å². The Morgan fingerprint density at radius 3 is 1.07 bits per heavy atom. The highest BCUT2D eigenvalue weighted by Gasteiger charge is 2.72. The van der Waals surface area contributed by atoms with Crippen LogP contribution in [0.25, 0.3) is 0 Å². The Kier molecular flexibility index (Phi) is 4.92. The molecular weight excluding hydrogens is 374 g/mol. The van der Waals surface area contributed by atoms with Gasteiger partial charge >= 0.3 is 12.1 Å². The van der Waals surface area contributed by atoms with Gasteiger partial charge in [-0.1, -0.05) is 0 Å². The number of alkyl halides is 6. The third-order valence-electron chi connectivity index (χ3n) is 4.57. The highest BCUT2D eigenvalue weighted by Crippen LogP contribution is 2.55. The Balaban J connectivity index is 2.94. The molecule has 0 saturated carbocycles. The molecule has 0 spiro atoms. The summed E-state index contributed by atoms with van der Waals surface area (Å²) in [5.74, 6) is -6.42. The molecular formula is C19H18F6O2. The zero-order valence-electron chi connectivity index (χ0n) is 15.0. The number of phenolic OH excluding ortho intramolecular Hbond substituents is 2. The highest BCUT2D eigenvalue weighted by molar-refractivity contribution is 5.52. The first-order valence-electron chi connectivity index (χ1n) is 7.89. The molecule has 2 aromatic carbocycles. The van der Waals surface area contributed by atoms with Gasteiger partial charge in [-0.15, -0.1) is 0 Å². The lowest BCUT2D eigenvalue weighted by Gasteiger charge is -2.36. The van der Waals surface area contributed by atoms with Gasteiger partial charge in [-0.25, -0.2) is 4.39 Å². The Morgan fingerprint density at radius 1 is 0.593 bits per heavy atom. The third-order valence-corrected chi connectivity index (χ3v) is 4.57. The number of aryl methyl sites for hydroxylation is 4. The summed E-state index contributed by atoms with van der Waals surface area (Å²) in [6, 6.07) is 3.05. The molecule has 0 aliphatic heterocycles. The van der Waals surface area contributed by atoms with Gasteiger partial charge in [0.2, 0.25) is 5.67 Å². The molecule has 27 heavy (non-hydrogen) atoms. The van der Waals surface area contributed by atoms with Crippen molar-refractivity contribution >= 4 is 0 Å². The van der Waals surface area contributed by atoms with E-state index in [0.717, 1.165) is 24.3 Å². The number of benzene rings is 2. The summed E-state index contributed by atoms with van der Waals surface area (Å²) in [7, 11) is 0. The topological polar surface area (TPSA) is 40.5 Å². The molecule has 0 saturated heterocycles. The molecule has 148 valence electrons. The molecule has 2 N–H and O–H groups in total. The maximum Gasteiger partial charge on any atom is 0.457 e. The summed E-state index contributed by atoms with van der Waals surface area (Å²) in [6.07, 6.45) is -6.18. The fraction of sp³-hybridized carbons (Fsp3) is 0.368. The van der Waals surface area contributed by atoms with Crippen molar-refractivity contribution in [3.05, 3.63) is 57.6 Å². The molecule has 2 nitrogen and oxygen atoms in total. The molecule has 0 aliphatic carbocycles. The Hall–Kier alpha value is -2.38. The second-order valence-corrected chi connectivity index (χ2v) is 6.65. The molecule has 0 unspecified atom stereocenters. The SMILES string of the molecule is Cc1cc(C(F)(c2cc(C)c(O)c(C)c2)C(F)(F)C(F)(F)F)cc(C)c1O. The van der Waals surface area contributed by atoms with Gasteiger partial charge in [-0.05, 0) is 74.2 Å². The highest BCUT2D eigenvalue weighted by atomic mass is 19.4. The van der Waals surface area contributed by atoms with Crippen LogP contribution in [0.4, 0.5) is 26.3 Å². The molecule has 2 rings (SSSR count). The van der Waals surface area contributed by atoms with Gasteiger partial charge in [0, 0.05) is 11.1 Å². The normalized spacial score (nSPS) is 13.1. The van der Waals surface area contributed by atoms with E-state index in [1.807, 2.05) is 0 Å². The quantitative estimate of drug-likeness (QED) is 0.654. The number of hydrogen-bond donors (Lipinski definition) is 2. The van der Waals surface area contributed by atoms with Crippen molar-refractivity contribution in [3.8, 4) is 11.5 Å². The third kappa shape index (κ3) is 3.11. The van der Waals surface area contributed by atoms with Gasteiger partial charge in [-0.3, -0.25) is 0 Å². The van der Waals surface area contributed by atoms with Crippen LogP contribution in [-0.2, 0) is 5.67 Å². The van der Waals surface area contributed by atoms with Crippen LogP contribution >= 0.6 is 0 Å². The fourth-order valence-corrected chi connectivity index (χ4v) is 3.03. The van der Waals surface area contributed by atoms with E-state index in [0.29, 0.717) is 0 Å². The summed E-state index contributed by atoms with van der Waals surface area (Å²) in [6.45, 7) is 5.08. The number of aromatic hydroxyl groups is 2. The van der Waals surface area contributed by atoms with Crippen LogP contribution in [-0.4, -0.2) is 22.3 Å². The Bertz CT molecular complexity index is 783. The van der Waals surface area contributed by atoms with E-state index in [1.54, 1.807) is 0 Å². The van der Waals surface area contributed by atoms with Crippen molar-refractivity contribution in [3.63, 3.8) is 0 Å². The van der Waals surface area contributed by atoms with Gasteiger partial charge in [0.15, 0.2) is 0 Å². The minimum atomic E-state index is -6.18. The molecule has 0 aromatic heterocycles. The van der Waals surface area contributed by atoms with Crippen LogP contribution in [0.1, 0.15) is 33.4 Å². The van der Waals surface area contributed by atoms with Gasteiger partial charge < -0.3 is 10.2 Å². The van der Waals surface area contributed by atoms with Crippen molar-refractivity contribution in [2.24, 2.45) is 0 Å². The molecule has 0 fully saturated rings. The van der Waals surface area contributed by atoms with Gasteiger partial charge in [0.25, 0.3) is 0 Å². The van der Waals surface area contributed by atoms with Crippen molar-refractivity contribution in [2.75, 3.05) is 0 Å². The van der Waals surface area contributed by atoms with Crippen LogP contribution in [0.2, 0.25) is 0 Å². The van der Waals surface area contributed by atoms with E-state index in [9.17, 15) is 32.2 Å². The lowest BCUT2D eigenvalue weighted by molar-refractivity contribution is -0.323. The standard InChI is InChI=1S/C19H18F6O2/c1-9-5-13(6-10(2)15(9)26)17(20,18(21,22)19(23,24)25)14-7-11(3)16(27)12(4)8-14/h5-8,26-27H,1-4H3. The molecule has 0 atom stereocenters. The number of phenols is 2. The monoisotopic (exact) mass is 392 g/mol. The summed E-state index contributed by atoms with van der Waals surface area (Å²) in [5, 5.41) is 19.6. The average molecular weight is 392 g/mol. The number of halogens is 6. The van der Waals surface area contributed by atoms with E-state index < -0.39 is 28.9 Å². The second-order valence-electron chi connectivity index (χ2n) is 6.65. The molecule has 0 aliphatic rings. The maximum atomic E-state index is 15.9. The van der Waals surface area contributed by atoms with E-state index in [1.165, 1.54) is 27.7 Å². The maximum absolute atomic E-state index is 15.9. The molecule has 2 aromatic rings. The molecule has 0 radical (unpaired) electrons. The minimum Gasteiger partial charge on any atom is -0.507 e. The zero-order chi connectivity index (χ0) is 20.9. The van der Waals surface area contributed by atoms with Gasteiger partial charge in [-0.2, -0.15) is 22.0 Å². The van der Waals surface area contributed by atoms with Crippen molar-refractivity contribution < 1.29 is 36.6 Å². The van der Waals surface area contributed by atoms with Crippen molar-refractivity contribution in [1.82, 2.24) is 0 Å². The first-order chi connectivity index (χ1) is 12.1. The largest absolute Gasteiger partial charge is 0.507 e. The first kappa shape index (κ1) is 20.9. The summed E-state index contributed by atoms with van der Waals surface area (Å²) < 4.78 is 84.3. The molecule has 0 amide bonds. The van der Waals surface area contributed by atoms with Crippen molar-refractivity contribution in [2.45, 2.75) is 45.5 Å². The van der Waals surface area contributed by atoms with Gasteiger partial charge in [0.1, 0.15) is 11.5 Å². The number of rotatable bonds is 3. The smallest absolute Gasteiger partial charge is 0.457 e. The Morgan fingerprint density at radius 2 is 0.852 bits per heavy atom. The van der Waals surface area contributed by atoms with Crippen LogP contribution < -0.4 is 0 Å². The van der Waals surface area contributed by atoms with E-state index >= 15 is 4.39 Å². The molecule has 0 heterocycles. The van der Waals surface area contributed by atoms with E-state index in [2.05, 4.69) is 0 Å². The molecule has 8 heteroatoms. The van der Waals surface area contributed by atoms with E-state index in [4.69, 9.17) is 0 Å². The predicted octanol–water partition coefficient (Wildman–Crippen LogP) is 5.74. The average Bonchev–Trinajstić information content (AvgIpc) is 2.54. The molecule has 0 bridgehead atoms. The Labute approximate surface area is 152 Å². The first-order valence-corrected chi connectivity index (χ1v) is 7.89. The zero-order valence-corrected chi connectivity index (χ0v) is 15.0. The van der Waals surface area contributed by atoms with E-state index in [-0.39, 0.29) is 33.8 Å². The lowest BCUT2D eigenvalue weighted by Crippen LogP contribution is -2.53. The lowest BCUT2D eigenvalue weighted by atomic mass is 9.79.